The van der Waals surface area contributed by atoms with Crippen molar-refractivity contribution in [2.24, 2.45) is 0 Å². The van der Waals surface area contributed by atoms with Crippen LogP contribution < -0.4 is 9.47 Å². The summed E-state index contributed by atoms with van der Waals surface area (Å²) in [4.78, 5) is 17.1. The van der Waals surface area contributed by atoms with E-state index in [1.165, 1.54) is 17.4 Å². The van der Waals surface area contributed by atoms with Crippen molar-refractivity contribution in [2.45, 2.75) is 0 Å². The molecule has 0 bridgehead atoms. The molecule has 0 atom stereocenters. The van der Waals surface area contributed by atoms with Crippen molar-refractivity contribution in [3.05, 3.63) is 57.4 Å². The van der Waals surface area contributed by atoms with Crippen molar-refractivity contribution < 1.29 is 14.3 Å². The van der Waals surface area contributed by atoms with Gasteiger partial charge in [-0.15, -0.1) is 11.3 Å². The number of aromatic nitrogens is 1. The zero-order valence-corrected chi connectivity index (χ0v) is 14.6. The number of thiophene rings is 1. The van der Waals surface area contributed by atoms with Crippen LogP contribution in [0.2, 0.25) is 5.15 Å². The Kier molecular flexibility index (Phi) is 4.83. The molecule has 0 fully saturated rings. The van der Waals surface area contributed by atoms with E-state index in [0.717, 1.165) is 5.39 Å². The van der Waals surface area contributed by atoms with Gasteiger partial charge in [0.25, 0.3) is 0 Å². The van der Waals surface area contributed by atoms with Crippen LogP contribution in [0.25, 0.3) is 17.0 Å². The summed E-state index contributed by atoms with van der Waals surface area (Å²) in [7, 11) is 3.14. The minimum atomic E-state index is -0.0616. The normalized spacial score (nSPS) is 11.1. The third kappa shape index (κ3) is 3.27. The molecule has 0 saturated heterocycles. The van der Waals surface area contributed by atoms with Crippen molar-refractivity contribution in [1.29, 1.82) is 0 Å². The smallest absolute Gasteiger partial charge is 0.195 e. The van der Waals surface area contributed by atoms with E-state index in [1.807, 2.05) is 23.6 Å². The molecule has 3 aromatic rings. The van der Waals surface area contributed by atoms with Gasteiger partial charge in [0.05, 0.1) is 24.6 Å². The molecule has 0 amide bonds. The molecule has 4 nitrogen and oxygen atoms in total. The van der Waals surface area contributed by atoms with Crippen LogP contribution in [0.3, 0.4) is 0 Å². The first-order valence-electron chi connectivity index (χ1n) is 7.10. The highest BCUT2D eigenvalue weighted by Gasteiger charge is 2.10. The van der Waals surface area contributed by atoms with Crippen molar-refractivity contribution >= 4 is 45.7 Å². The van der Waals surface area contributed by atoms with Gasteiger partial charge in [-0.2, -0.15) is 0 Å². The van der Waals surface area contributed by atoms with E-state index in [2.05, 4.69) is 4.98 Å². The lowest BCUT2D eigenvalue weighted by Gasteiger charge is -2.09. The molecule has 0 aliphatic rings. The van der Waals surface area contributed by atoms with Crippen LogP contribution in [0.1, 0.15) is 15.2 Å². The summed E-state index contributed by atoms with van der Waals surface area (Å²) < 4.78 is 10.6. The molecule has 0 spiro atoms. The second-order valence-corrected chi connectivity index (χ2v) is 6.25. The highest BCUT2D eigenvalue weighted by molar-refractivity contribution is 7.12. The summed E-state index contributed by atoms with van der Waals surface area (Å²) in [5.74, 6) is 1.14. The molecule has 122 valence electrons. The quantitative estimate of drug-likeness (QED) is 0.370. The molecule has 2 heterocycles. The highest BCUT2D eigenvalue weighted by Crippen LogP contribution is 2.33. The van der Waals surface area contributed by atoms with Crippen molar-refractivity contribution in [3.8, 4) is 11.5 Å². The molecule has 0 radical (unpaired) electrons. The van der Waals surface area contributed by atoms with Crippen LogP contribution in [0, 0.1) is 0 Å². The largest absolute Gasteiger partial charge is 0.493 e. The number of nitrogens with zero attached hydrogens (tertiary/aromatic N) is 1. The lowest BCUT2D eigenvalue weighted by molar-refractivity contribution is 0.105. The molecule has 0 aliphatic heterocycles. The summed E-state index contributed by atoms with van der Waals surface area (Å²) in [6.07, 6.45) is 3.18. The number of ether oxygens (including phenoxy) is 2. The van der Waals surface area contributed by atoms with E-state index in [1.54, 1.807) is 32.4 Å². The second-order valence-electron chi connectivity index (χ2n) is 4.94. The van der Waals surface area contributed by atoms with Gasteiger partial charge in [0.1, 0.15) is 5.15 Å². The number of fused-ring (bicyclic) bond motifs is 1. The third-order valence-electron chi connectivity index (χ3n) is 3.48. The number of pyridine rings is 1. The number of allylic oxidation sites excluding steroid dienone is 1. The summed E-state index contributed by atoms with van der Waals surface area (Å²) in [5.41, 5.74) is 1.36. The lowest BCUT2D eigenvalue weighted by atomic mass is 10.1. The van der Waals surface area contributed by atoms with Crippen LogP contribution in [0.4, 0.5) is 0 Å². The molecule has 0 N–H and O–H groups in total. The van der Waals surface area contributed by atoms with E-state index >= 15 is 0 Å². The maximum Gasteiger partial charge on any atom is 0.195 e. The van der Waals surface area contributed by atoms with Gasteiger partial charge in [-0.05, 0) is 35.7 Å². The summed E-state index contributed by atoms with van der Waals surface area (Å²) >= 11 is 7.64. The van der Waals surface area contributed by atoms with Gasteiger partial charge < -0.3 is 9.47 Å². The van der Waals surface area contributed by atoms with E-state index in [4.69, 9.17) is 21.1 Å². The number of carbonyl (C=O) groups excluding carboxylic acids is 1. The van der Waals surface area contributed by atoms with Crippen molar-refractivity contribution in [2.75, 3.05) is 14.2 Å². The Balaban J connectivity index is 1.99. The van der Waals surface area contributed by atoms with Gasteiger partial charge in [-0.25, -0.2) is 4.98 Å². The Bertz CT molecular complexity index is 920. The van der Waals surface area contributed by atoms with Crippen LogP contribution in [0.5, 0.6) is 11.5 Å². The lowest BCUT2D eigenvalue weighted by Crippen LogP contribution is -1.93. The predicted molar refractivity (Wildman–Crippen MR) is 97.5 cm³/mol. The third-order valence-corrected chi connectivity index (χ3v) is 4.67. The first-order chi connectivity index (χ1) is 11.6. The number of carbonyl (C=O) groups is 1. The Morgan fingerprint density at radius 3 is 2.62 bits per heavy atom. The summed E-state index contributed by atoms with van der Waals surface area (Å²) in [6.45, 7) is 0. The van der Waals surface area contributed by atoms with Crippen molar-refractivity contribution in [1.82, 2.24) is 4.98 Å². The fraction of sp³-hybridized carbons (Fsp3) is 0.111. The summed E-state index contributed by atoms with van der Waals surface area (Å²) in [6, 6.07) is 9.09. The van der Waals surface area contributed by atoms with Gasteiger partial charge in [0, 0.05) is 17.0 Å². The van der Waals surface area contributed by atoms with Gasteiger partial charge in [0.2, 0.25) is 0 Å². The Hall–Kier alpha value is -2.37. The molecule has 0 aliphatic carbocycles. The fourth-order valence-electron chi connectivity index (χ4n) is 2.28. The Labute approximate surface area is 148 Å². The monoisotopic (exact) mass is 359 g/mol. The number of ketones is 1. The Morgan fingerprint density at radius 1 is 1.21 bits per heavy atom. The number of benzene rings is 1. The maximum atomic E-state index is 12.1. The average molecular weight is 360 g/mol. The van der Waals surface area contributed by atoms with Crippen LogP contribution >= 0.6 is 22.9 Å². The SMILES string of the molecule is COc1cc2cc(C=CC(=O)c3cccs3)c(Cl)nc2cc1OC. The standard InChI is InChI=1S/C18H14ClNO3S/c1-22-15-9-12-8-11(5-6-14(21)17-4-3-7-24-17)18(19)20-13(12)10-16(15)23-2/h3-10H,1-2H3. The Morgan fingerprint density at radius 2 is 1.96 bits per heavy atom. The first-order valence-corrected chi connectivity index (χ1v) is 8.36. The minimum absolute atomic E-state index is 0.0616. The van der Waals surface area contributed by atoms with Gasteiger partial charge in [0.15, 0.2) is 17.3 Å². The molecule has 0 unspecified atom stereocenters. The number of halogens is 1. The van der Waals surface area contributed by atoms with Crippen molar-refractivity contribution in [3.63, 3.8) is 0 Å². The second kappa shape index (κ2) is 7.03. The number of methoxy groups -OCH3 is 2. The fourth-order valence-corrected chi connectivity index (χ4v) is 3.13. The molecule has 6 heteroatoms. The maximum absolute atomic E-state index is 12.1. The predicted octanol–water partition coefficient (Wildman–Crippen LogP) is 4.86. The highest BCUT2D eigenvalue weighted by atomic mass is 35.5. The molecule has 1 aromatic carbocycles. The van der Waals surface area contributed by atoms with E-state index in [9.17, 15) is 4.79 Å². The molecule has 3 rings (SSSR count). The molecule has 24 heavy (non-hydrogen) atoms. The van der Waals surface area contributed by atoms with E-state index in [-0.39, 0.29) is 5.78 Å². The number of hydrogen-bond acceptors (Lipinski definition) is 5. The van der Waals surface area contributed by atoms with E-state index < -0.39 is 0 Å². The van der Waals surface area contributed by atoms with Gasteiger partial charge in [-0.3, -0.25) is 4.79 Å². The average Bonchev–Trinajstić information content (AvgIpc) is 3.13. The molecular weight excluding hydrogens is 346 g/mol. The minimum Gasteiger partial charge on any atom is -0.493 e. The van der Waals surface area contributed by atoms with Crippen LogP contribution in [0.15, 0.2) is 41.8 Å². The van der Waals surface area contributed by atoms with Crippen LogP contribution in [-0.4, -0.2) is 25.0 Å². The van der Waals surface area contributed by atoms with Gasteiger partial charge >= 0.3 is 0 Å². The first kappa shape index (κ1) is 16.5. The molecular formula is C18H14ClNO3S. The summed E-state index contributed by atoms with van der Waals surface area (Å²) in [5, 5.41) is 3.04. The van der Waals surface area contributed by atoms with E-state index in [0.29, 0.717) is 32.6 Å². The number of rotatable bonds is 5. The molecule has 2 aromatic heterocycles. The number of hydrogen-bond donors (Lipinski definition) is 0. The molecule has 0 saturated carbocycles. The zero-order valence-electron chi connectivity index (χ0n) is 13.1. The van der Waals surface area contributed by atoms with Gasteiger partial charge in [-0.1, -0.05) is 17.7 Å². The zero-order chi connectivity index (χ0) is 17.1. The van der Waals surface area contributed by atoms with Crippen LogP contribution in [-0.2, 0) is 0 Å². The topological polar surface area (TPSA) is 48.4 Å².